The molecule has 1 heterocycles. The predicted octanol–water partition coefficient (Wildman–Crippen LogP) is 2.77. The van der Waals surface area contributed by atoms with E-state index in [1.165, 1.54) is 7.11 Å². The van der Waals surface area contributed by atoms with Crippen LogP contribution in [0, 0.1) is 5.95 Å². The van der Waals surface area contributed by atoms with E-state index in [2.05, 4.69) is 25.7 Å². The summed E-state index contributed by atoms with van der Waals surface area (Å²) < 4.78 is 42.5. The Morgan fingerprint density at radius 1 is 1.59 bits per heavy atom. The first-order chi connectivity index (χ1) is 7.99. The van der Waals surface area contributed by atoms with E-state index in [0.29, 0.717) is 5.56 Å². The number of pyridine rings is 1. The summed E-state index contributed by atoms with van der Waals surface area (Å²) in [5.41, 5.74) is -0.337. The summed E-state index contributed by atoms with van der Waals surface area (Å²) in [4.78, 5) is 14.4. The van der Waals surface area contributed by atoms with Crippen molar-refractivity contribution in [1.82, 2.24) is 4.98 Å². The molecule has 0 saturated heterocycles. The summed E-state index contributed by atoms with van der Waals surface area (Å²) >= 11 is 3.07. The monoisotopic (exact) mass is 311 g/mol. The molecule has 0 fully saturated rings. The SMILES string of the molecule is COC(=O)Cc1nc(F)c(C(F)F)cc1CBr. The highest BCUT2D eigenvalue weighted by atomic mass is 79.9. The van der Waals surface area contributed by atoms with Gasteiger partial charge >= 0.3 is 5.97 Å². The second-order valence-electron chi connectivity index (χ2n) is 3.16. The highest BCUT2D eigenvalue weighted by Crippen LogP contribution is 2.24. The van der Waals surface area contributed by atoms with E-state index in [9.17, 15) is 18.0 Å². The summed E-state index contributed by atoms with van der Waals surface area (Å²) in [6.45, 7) is 0. The molecule has 0 radical (unpaired) electrons. The van der Waals surface area contributed by atoms with Gasteiger partial charge in [-0.15, -0.1) is 0 Å². The Balaban J connectivity index is 3.14. The zero-order chi connectivity index (χ0) is 13.0. The molecular formula is C10H9BrF3NO2. The molecule has 0 atom stereocenters. The predicted molar refractivity (Wildman–Crippen MR) is 57.5 cm³/mol. The fourth-order valence-electron chi connectivity index (χ4n) is 1.22. The Kier molecular flexibility index (Phi) is 4.92. The van der Waals surface area contributed by atoms with Crippen molar-refractivity contribution < 1.29 is 22.7 Å². The fourth-order valence-corrected chi connectivity index (χ4v) is 1.70. The molecule has 17 heavy (non-hydrogen) atoms. The number of hydrogen-bond acceptors (Lipinski definition) is 3. The number of carbonyl (C=O) groups is 1. The summed E-state index contributed by atoms with van der Waals surface area (Å²) in [5.74, 6) is -1.87. The van der Waals surface area contributed by atoms with E-state index < -0.39 is 23.9 Å². The molecule has 7 heteroatoms. The van der Waals surface area contributed by atoms with E-state index in [1.54, 1.807) is 0 Å². The maximum atomic E-state index is 13.2. The van der Waals surface area contributed by atoms with Crippen LogP contribution in [0.25, 0.3) is 0 Å². The second-order valence-corrected chi connectivity index (χ2v) is 3.72. The summed E-state index contributed by atoms with van der Waals surface area (Å²) in [5, 5.41) is 0.201. The molecule has 1 aromatic heterocycles. The molecule has 94 valence electrons. The molecule has 1 aromatic rings. The third-order valence-corrected chi connectivity index (χ3v) is 2.69. The van der Waals surface area contributed by atoms with Gasteiger partial charge in [0.2, 0.25) is 5.95 Å². The van der Waals surface area contributed by atoms with Crippen molar-refractivity contribution in [1.29, 1.82) is 0 Å². The third-order valence-electron chi connectivity index (χ3n) is 2.09. The summed E-state index contributed by atoms with van der Waals surface area (Å²) in [6, 6.07) is 1.00. The third kappa shape index (κ3) is 3.42. The highest BCUT2D eigenvalue weighted by molar-refractivity contribution is 9.08. The van der Waals surface area contributed by atoms with Gasteiger partial charge in [0.15, 0.2) is 0 Å². The molecule has 0 saturated carbocycles. The zero-order valence-electron chi connectivity index (χ0n) is 8.84. The lowest BCUT2D eigenvalue weighted by Crippen LogP contribution is -2.11. The average molecular weight is 312 g/mol. The average Bonchev–Trinajstić information content (AvgIpc) is 2.28. The quantitative estimate of drug-likeness (QED) is 0.487. The fraction of sp³-hybridized carbons (Fsp3) is 0.400. The molecule has 0 aromatic carbocycles. The van der Waals surface area contributed by atoms with Crippen LogP contribution in [0.2, 0.25) is 0 Å². The van der Waals surface area contributed by atoms with Crippen molar-refractivity contribution in [2.45, 2.75) is 18.2 Å². The van der Waals surface area contributed by atoms with Gasteiger partial charge < -0.3 is 4.74 Å². The molecule has 0 amide bonds. The van der Waals surface area contributed by atoms with E-state index in [4.69, 9.17) is 0 Å². The molecule has 0 N–H and O–H groups in total. The van der Waals surface area contributed by atoms with Crippen molar-refractivity contribution in [3.8, 4) is 0 Å². The lowest BCUT2D eigenvalue weighted by Gasteiger charge is -2.09. The van der Waals surface area contributed by atoms with Crippen LogP contribution in [-0.4, -0.2) is 18.1 Å². The smallest absolute Gasteiger partial charge is 0.311 e. The minimum Gasteiger partial charge on any atom is -0.469 e. The number of alkyl halides is 3. The topological polar surface area (TPSA) is 39.2 Å². The Bertz CT molecular complexity index is 426. The second kappa shape index (κ2) is 6.00. The largest absolute Gasteiger partial charge is 0.469 e. The standard InChI is InChI=1S/C10H9BrF3NO2/c1-17-8(16)3-7-5(4-11)2-6(9(12)13)10(14)15-7/h2,9H,3-4H2,1H3. The molecule has 0 aliphatic heterocycles. The zero-order valence-corrected chi connectivity index (χ0v) is 10.4. The van der Waals surface area contributed by atoms with Gasteiger partial charge in [-0.1, -0.05) is 15.9 Å². The Hall–Kier alpha value is -1.11. The maximum Gasteiger partial charge on any atom is 0.311 e. The minimum atomic E-state index is -2.94. The van der Waals surface area contributed by atoms with Crippen LogP contribution in [-0.2, 0) is 21.3 Å². The molecule has 1 rings (SSSR count). The number of rotatable bonds is 4. The first-order valence-electron chi connectivity index (χ1n) is 4.58. The van der Waals surface area contributed by atoms with Crippen LogP contribution in [0.15, 0.2) is 6.07 Å². The van der Waals surface area contributed by atoms with Crippen molar-refractivity contribution in [2.24, 2.45) is 0 Å². The van der Waals surface area contributed by atoms with Crippen LogP contribution in [0.4, 0.5) is 13.2 Å². The van der Waals surface area contributed by atoms with Gasteiger partial charge in [-0.25, -0.2) is 13.8 Å². The van der Waals surface area contributed by atoms with Crippen LogP contribution >= 0.6 is 15.9 Å². The van der Waals surface area contributed by atoms with E-state index in [-0.39, 0.29) is 17.4 Å². The van der Waals surface area contributed by atoms with Gasteiger partial charge in [0, 0.05) is 5.33 Å². The summed E-state index contributed by atoms with van der Waals surface area (Å²) in [7, 11) is 1.18. The Morgan fingerprint density at radius 3 is 2.71 bits per heavy atom. The number of carbonyl (C=O) groups excluding carboxylic acids is 1. The van der Waals surface area contributed by atoms with Crippen molar-refractivity contribution >= 4 is 21.9 Å². The highest BCUT2D eigenvalue weighted by Gasteiger charge is 2.19. The molecule has 3 nitrogen and oxygen atoms in total. The lowest BCUT2D eigenvalue weighted by molar-refractivity contribution is -0.139. The van der Waals surface area contributed by atoms with Crippen molar-refractivity contribution in [3.05, 3.63) is 28.8 Å². The number of nitrogens with zero attached hydrogens (tertiary/aromatic N) is 1. The minimum absolute atomic E-state index is 0.0932. The van der Waals surface area contributed by atoms with E-state index in [0.717, 1.165) is 6.07 Å². The Morgan fingerprint density at radius 2 is 2.24 bits per heavy atom. The Labute approximate surface area is 104 Å². The molecule has 0 bridgehead atoms. The van der Waals surface area contributed by atoms with Crippen LogP contribution < -0.4 is 0 Å². The number of methoxy groups -OCH3 is 1. The van der Waals surface area contributed by atoms with Gasteiger partial charge in [-0.2, -0.15) is 4.39 Å². The van der Waals surface area contributed by atoms with Gasteiger partial charge in [-0.05, 0) is 11.6 Å². The first-order valence-corrected chi connectivity index (χ1v) is 5.70. The maximum absolute atomic E-state index is 13.2. The number of ether oxygens (including phenoxy) is 1. The lowest BCUT2D eigenvalue weighted by atomic mass is 10.1. The molecule has 0 unspecified atom stereocenters. The first kappa shape index (κ1) is 14.0. The molecule has 0 aliphatic rings. The van der Waals surface area contributed by atoms with Crippen LogP contribution in [0.1, 0.15) is 23.2 Å². The van der Waals surface area contributed by atoms with Crippen LogP contribution in [0.3, 0.4) is 0 Å². The number of hydrogen-bond donors (Lipinski definition) is 0. The van der Waals surface area contributed by atoms with Gasteiger partial charge in [0.05, 0.1) is 24.8 Å². The van der Waals surface area contributed by atoms with Gasteiger partial charge in [0.25, 0.3) is 6.43 Å². The van der Waals surface area contributed by atoms with E-state index >= 15 is 0 Å². The molecule has 0 aliphatic carbocycles. The normalized spacial score (nSPS) is 10.7. The van der Waals surface area contributed by atoms with Crippen LogP contribution in [0.5, 0.6) is 0 Å². The van der Waals surface area contributed by atoms with Crippen molar-refractivity contribution in [3.63, 3.8) is 0 Å². The summed E-state index contributed by atoms with van der Waals surface area (Å²) in [6.07, 6.45) is -3.19. The number of halogens is 4. The van der Waals surface area contributed by atoms with Gasteiger partial charge in [-0.3, -0.25) is 4.79 Å². The number of esters is 1. The van der Waals surface area contributed by atoms with Gasteiger partial charge in [0.1, 0.15) is 0 Å². The molecule has 0 spiro atoms. The van der Waals surface area contributed by atoms with Crippen molar-refractivity contribution in [2.75, 3.05) is 7.11 Å². The van der Waals surface area contributed by atoms with E-state index in [1.807, 2.05) is 0 Å². The molecular weight excluding hydrogens is 303 g/mol. The number of aromatic nitrogens is 1.